The van der Waals surface area contributed by atoms with E-state index in [2.05, 4.69) is 10.1 Å². The molecule has 3 aromatic heterocycles. The highest BCUT2D eigenvalue weighted by molar-refractivity contribution is 5.98. The van der Waals surface area contributed by atoms with Crippen molar-refractivity contribution in [3.05, 3.63) is 40.1 Å². The van der Waals surface area contributed by atoms with Crippen molar-refractivity contribution in [1.82, 2.24) is 19.2 Å². The molecule has 7 nitrogen and oxygen atoms in total. The molecule has 0 saturated heterocycles. The van der Waals surface area contributed by atoms with Crippen molar-refractivity contribution in [2.75, 3.05) is 7.11 Å². The summed E-state index contributed by atoms with van der Waals surface area (Å²) in [6.45, 7) is 7.59. The highest BCUT2D eigenvalue weighted by atomic mass is 16.5. The molecule has 7 heteroatoms. The largest absolute Gasteiger partial charge is 0.465 e. The topological polar surface area (TPSA) is 78.5 Å². The lowest BCUT2D eigenvalue weighted by atomic mass is 10.1. The van der Waals surface area contributed by atoms with E-state index in [-0.39, 0.29) is 11.1 Å². The maximum atomic E-state index is 12.7. The molecule has 0 radical (unpaired) electrons. The van der Waals surface area contributed by atoms with Crippen LogP contribution in [-0.4, -0.2) is 32.2 Å². The number of carbonyl (C=O) groups excluding carboxylic acids is 1. The number of fused-ring (bicyclic) bond motifs is 3. The second-order valence-electron chi connectivity index (χ2n) is 6.41. The van der Waals surface area contributed by atoms with Crippen LogP contribution in [0.5, 0.6) is 0 Å². The summed E-state index contributed by atoms with van der Waals surface area (Å²) in [5.74, 6) is -0.493. The fourth-order valence-electron chi connectivity index (χ4n) is 2.65. The van der Waals surface area contributed by atoms with Crippen LogP contribution >= 0.6 is 0 Å². The number of aryl methyl sites for hydroxylation is 1. The first kappa shape index (κ1) is 15.2. The Morgan fingerprint density at radius 3 is 2.61 bits per heavy atom. The SMILES string of the molecule is COC(=O)c1c(C)nn2c1ncc1c(=O)n(C(C)(C)C)ccc12. The number of rotatable bonds is 1. The minimum atomic E-state index is -0.493. The first-order valence-corrected chi connectivity index (χ1v) is 7.24. The van der Waals surface area contributed by atoms with Crippen LogP contribution in [0.15, 0.2) is 23.3 Å². The molecule has 3 heterocycles. The molecule has 0 unspecified atom stereocenters. The lowest BCUT2D eigenvalue weighted by molar-refractivity contribution is 0.0602. The van der Waals surface area contributed by atoms with Crippen LogP contribution in [0.3, 0.4) is 0 Å². The van der Waals surface area contributed by atoms with Gasteiger partial charge in [-0.2, -0.15) is 5.10 Å². The lowest BCUT2D eigenvalue weighted by Crippen LogP contribution is -2.33. The maximum Gasteiger partial charge on any atom is 0.343 e. The minimum Gasteiger partial charge on any atom is -0.465 e. The molecule has 0 aliphatic carbocycles. The predicted octanol–water partition coefficient (Wildman–Crippen LogP) is 1.89. The van der Waals surface area contributed by atoms with Crippen LogP contribution in [0.1, 0.15) is 36.8 Å². The van der Waals surface area contributed by atoms with Gasteiger partial charge in [-0.3, -0.25) is 4.79 Å². The van der Waals surface area contributed by atoms with Crippen molar-refractivity contribution in [1.29, 1.82) is 0 Å². The third-order valence-corrected chi connectivity index (χ3v) is 3.80. The number of pyridine rings is 1. The Balaban J connectivity index is 2.41. The normalized spacial score (nSPS) is 12.0. The van der Waals surface area contributed by atoms with Gasteiger partial charge in [-0.1, -0.05) is 0 Å². The van der Waals surface area contributed by atoms with E-state index in [0.29, 0.717) is 27.8 Å². The summed E-state index contributed by atoms with van der Waals surface area (Å²) in [6.07, 6.45) is 3.22. The van der Waals surface area contributed by atoms with E-state index in [9.17, 15) is 9.59 Å². The van der Waals surface area contributed by atoms with Crippen molar-refractivity contribution in [3.8, 4) is 0 Å². The van der Waals surface area contributed by atoms with Crippen molar-refractivity contribution in [3.63, 3.8) is 0 Å². The van der Waals surface area contributed by atoms with Crippen LogP contribution < -0.4 is 5.56 Å². The fourth-order valence-corrected chi connectivity index (χ4v) is 2.65. The summed E-state index contributed by atoms with van der Waals surface area (Å²) in [5, 5.41) is 4.80. The average molecular weight is 314 g/mol. The smallest absolute Gasteiger partial charge is 0.343 e. The summed E-state index contributed by atoms with van der Waals surface area (Å²) in [4.78, 5) is 28.9. The number of ether oxygens (including phenoxy) is 1. The second-order valence-corrected chi connectivity index (χ2v) is 6.41. The van der Waals surface area contributed by atoms with Crippen molar-refractivity contribution >= 4 is 22.5 Å². The highest BCUT2D eigenvalue weighted by Crippen LogP contribution is 2.20. The van der Waals surface area contributed by atoms with Gasteiger partial charge in [-0.15, -0.1) is 0 Å². The van der Waals surface area contributed by atoms with Crippen LogP contribution in [0.25, 0.3) is 16.6 Å². The monoisotopic (exact) mass is 314 g/mol. The Kier molecular flexibility index (Phi) is 3.24. The molecule has 120 valence electrons. The molecule has 0 atom stereocenters. The van der Waals surface area contributed by atoms with E-state index in [1.165, 1.54) is 17.8 Å². The number of aromatic nitrogens is 4. The standard InChI is InChI=1S/C16H18N4O3/c1-9-12(15(22)23-5)13-17-8-10-11(20(13)18-9)6-7-19(14(10)21)16(2,3)4/h6-8H,1-5H3. The zero-order chi connectivity index (χ0) is 16.9. The number of nitrogens with zero attached hydrogens (tertiary/aromatic N) is 4. The molecular formula is C16H18N4O3. The van der Waals surface area contributed by atoms with E-state index in [0.717, 1.165) is 0 Å². The van der Waals surface area contributed by atoms with Gasteiger partial charge in [0.1, 0.15) is 5.56 Å². The predicted molar refractivity (Wildman–Crippen MR) is 85.8 cm³/mol. The number of carbonyl (C=O) groups is 1. The van der Waals surface area contributed by atoms with E-state index in [1.807, 2.05) is 26.8 Å². The summed E-state index contributed by atoms with van der Waals surface area (Å²) in [7, 11) is 1.31. The van der Waals surface area contributed by atoms with Crippen LogP contribution in [0.4, 0.5) is 0 Å². The molecule has 3 rings (SSSR count). The molecule has 0 saturated carbocycles. The molecular weight excluding hydrogens is 296 g/mol. The Morgan fingerprint density at radius 1 is 1.30 bits per heavy atom. The van der Waals surface area contributed by atoms with Gasteiger partial charge in [0.05, 0.1) is 23.7 Å². The number of methoxy groups -OCH3 is 1. The van der Waals surface area contributed by atoms with Gasteiger partial charge in [0, 0.05) is 17.9 Å². The Labute approximate surface area is 132 Å². The Morgan fingerprint density at radius 2 is 2.00 bits per heavy atom. The van der Waals surface area contributed by atoms with E-state index >= 15 is 0 Å². The van der Waals surface area contributed by atoms with Crippen molar-refractivity contribution in [2.24, 2.45) is 0 Å². The van der Waals surface area contributed by atoms with E-state index < -0.39 is 5.97 Å². The molecule has 0 spiro atoms. The second kappa shape index (κ2) is 4.91. The summed E-state index contributed by atoms with van der Waals surface area (Å²) >= 11 is 0. The summed E-state index contributed by atoms with van der Waals surface area (Å²) < 4.78 is 7.96. The van der Waals surface area contributed by atoms with Crippen molar-refractivity contribution < 1.29 is 9.53 Å². The van der Waals surface area contributed by atoms with Crippen LogP contribution in [0.2, 0.25) is 0 Å². The van der Waals surface area contributed by atoms with E-state index in [1.54, 1.807) is 17.7 Å². The minimum absolute atomic E-state index is 0.142. The molecule has 0 aliphatic heterocycles. The molecule has 0 fully saturated rings. The Bertz CT molecular complexity index is 992. The van der Waals surface area contributed by atoms with Crippen LogP contribution in [-0.2, 0) is 10.3 Å². The molecule has 3 aromatic rings. The van der Waals surface area contributed by atoms with Gasteiger partial charge in [-0.05, 0) is 33.8 Å². The first-order chi connectivity index (χ1) is 10.8. The molecule has 0 aliphatic rings. The zero-order valence-corrected chi connectivity index (χ0v) is 13.7. The highest BCUT2D eigenvalue weighted by Gasteiger charge is 2.22. The number of hydrogen-bond acceptors (Lipinski definition) is 5. The molecule has 0 aromatic carbocycles. The maximum absolute atomic E-state index is 12.7. The van der Waals surface area contributed by atoms with Gasteiger partial charge >= 0.3 is 5.97 Å². The third-order valence-electron chi connectivity index (χ3n) is 3.80. The number of hydrogen-bond donors (Lipinski definition) is 0. The summed E-state index contributed by atoms with van der Waals surface area (Å²) in [5.41, 5.74) is 1.34. The first-order valence-electron chi connectivity index (χ1n) is 7.24. The van der Waals surface area contributed by atoms with Gasteiger partial charge in [0.2, 0.25) is 0 Å². The molecule has 23 heavy (non-hydrogen) atoms. The fraction of sp³-hybridized carbons (Fsp3) is 0.375. The summed E-state index contributed by atoms with van der Waals surface area (Å²) in [6, 6.07) is 1.81. The van der Waals surface area contributed by atoms with Gasteiger partial charge < -0.3 is 9.30 Å². The lowest BCUT2D eigenvalue weighted by Gasteiger charge is -2.22. The molecule has 0 amide bonds. The van der Waals surface area contributed by atoms with Gasteiger partial charge in [0.25, 0.3) is 5.56 Å². The average Bonchev–Trinajstić information content (AvgIpc) is 2.82. The molecule has 0 bridgehead atoms. The van der Waals surface area contributed by atoms with Crippen molar-refractivity contribution in [2.45, 2.75) is 33.2 Å². The van der Waals surface area contributed by atoms with Crippen LogP contribution in [0, 0.1) is 6.92 Å². The quantitative estimate of drug-likeness (QED) is 0.641. The third kappa shape index (κ3) is 2.19. The Hall–Kier alpha value is -2.70. The molecule has 0 N–H and O–H groups in total. The van der Waals surface area contributed by atoms with E-state index in [4.69, 9.17) is 4.74 Å². The van der Waals surface area contributed by atoms with Gasteiger partial charge in [0.15, 0.2) is 5.65 Å². The number of esters is 1. The zero-order valence-electron chi connectivity index (χ0n) is 13.7. The van der Waals surface area contributed by atoms with Gasteiger partial charge in [-0.25, -0.2) is 14.3 Å².